The van der Waals surface area contributed by atoms with Crippen LogP contribution in [0.2, 0.25) is 0 Å². The van der Waals surface area contributed by atoms with Gasteiger partial charge in [-0.15, -0.1) is 0 Å². The second-order valence-corrected chi connectivity index (χ2v) is 6.27. The summed E-state index contributed by atoms with van der Waals surface area (Å²) in [5, 5.41) is -0.146. The molecule has 2 rings (SSSR count). The van der Waals surface area contributed by atoms with Gasteiger partial charge in [0.2, 0.25) is 0 Å². The van der Waals surface area contributed by atoms with Crippen LogP contribution in [0.15, 0.2) is 29.2 Å². The second-order valence-electron chi connectivity index (χ2n) is 4.91. The summed E-state index contributed by atoms with van der Waals surface area (Å²) in [5.74, 6) is -2.28. The Morgan fingerprint density at radius 2 is 1.67 bits per heavy atom. The van der Waals surface area contributed by atoms with Gasteiger partial charge in [0.05, 0.1) is 0 Å². The maximum absolute atomic E-state index is 14.2. The lowest BCUT2D eigenvalue weighted by Gasteiger charge is -2.13. The lowest BCUT2D eigenvalue weighted by atomic mass is 10.0. The Balaban J connectivity index is 2.78. The number of rotatable bonds is 5. The Hall–Kier alpha value is -1.53. The van der Waals surface area contributed by atoms with Crippen molar-refractivity contribution in [2.24, 2.45) is 0 Å². The maximum Gasteiger partial charge on any atom is 0.295 e. The molecule has 0 fully saturated rings. The molecule has 0 amide bonds. The van der Waals surface area contributed by atoms with E-state index in [0.717, 1.165) is 12.8 Å². The topological polar surface area (TPSA) is 54.4 Å². The molecular formula is C15H16F2O3S. The molecule has 0 atom stereocenters. The zero-order valence-electron chi connectivity index (χ0n) is 11.6. The van der Waals surface area contributed by atoms with E-state index in [4.69, 9.17) is 0 Å². The first-order chi connectivity index (χ1) is 9.88. The van der Waals surface area contributed by atoms with Crippen molar-refractivity contribution in [2.45, 2.75) is 37.5 Å². The number of unbranched alkanes of at least 4 members (excludes halogenated alkanes) is 2. The Morgan fingerprint density at radius 1 is 1.05 bits per heavy atom. The predicted octanol–water partition coefficient (Wildman–Crippen LogP) is 4.10. The third kappa shape index (κ3) is 3.06. The molecule has 0 bridgehead atoms. The monoisotopic (exact) mass is 314 g/mol. The van der Waals surface area contributed by atoms with E-state index in [1.807, 2.05) is 6.92 Å². The van der Waals surface area contributed by atoms with Crippen LogP contribution < -0.4 is 0 Å². The summed E-state index contributed by atoms with van der Waals surface area (Å²) >= 11 is 0. The van der Waals surface area contributed by atoms with Gasteiger partial charge in [-0.25, -0.2) is 8.78 Å². The van der Waals surface area contributed by atoms with Crippen LogP contribution in [0.1, 0.15) is 31.7 Å². The largest absolute Gasteiger partial charge is 0.295 e. The van der Waals surface area contributed by atoms with Gasteiger partial charge >= 0.3 is 0 Å². The average molecular weight is 314 g/mol. The van der Waals surface area contributed by atoms with Crippen molar-refractivity contribution >= 4 is 20.9 Å². The van der Waals surface area contributed by atoms with E-state index in [-0.39, 0.29) is 22.8 Å². The molecule has 114 valence electrons. The lowest BCUT2D eigenvalue weighted by Crippen LogP contribution is -2.09. The van der Waals surface area contributed by atoms with E-state index in [1.54, 1.807) is 0 Å². The number of halogens is 2. The Bertz CT molecular complexity index is 770. The summed E-state index contributed by atoms with van der Waals surface area (Å²) in [7, 11) is -4.64. The van der Waals surface area contributed by atoms with Crippen molar-refractivity contribution in [3.8, 4) is 0 Å². The third-order valence-electron chi connectivity index (χ3n) is 3.43. The highest BCUT2D eigenvalue weighted by Gasteiger charge is 2.26. The number of hydrogen-bond acceptors (Lipinski definition) is 2. The smallest absolute Gasteiger partial charge is 0.282 e. The lowest BCUT2D eigenvalue weighted by molar-refractivity contribution is 0.474. The molecule has 2 aromatic rings. The summed E-state index contributed by atoms with van der Waals surface area (Å²) < 4.78 is 61.0. The number of fused-ring (bicyclic) bond motifs is 1. The molecule has 3 nitrogen and oxygen atoms in total. The van der Waals surface area contributed by atoms with Crippen LogP contribution >= 0.6 is 0 Å². The Morgan fingerprint density at radius 3 is 2.24 bits per heavy atom. The van der Waals surface area contributed by atoms with Gasteiger partial charge in [0.25, 0.3) is 10.1 Å². The third-order valence-corrected chi connectivity index (χ3v) is 4.41. The Labute approximate surface area is 122 Å². The SMILES string of the molecule is CCCCCc1c(F)c(F)c2ccccc2c1S(=O)(=O)O. The fourth-order valence-electron chi connectivity index (χ4n) is 2.46. The summed E-state index contributed by atoms with van der Waals surface area (Å²) in [6.07, 6.45) is 2.21. The molecule has 0 saturated carbocycles. The van der Waals surface area contributed by atoms with Gasteiger partial charge in [-0.1, -0.05) is 44.0 Å². The van der Waals surface area contributed by atoms with E-state index < -0.39 is 26.6 Å². The van der Waals surface area contributed by atoms with Crippen molar-refractivity contribution in [2.75, 3.05) is 0 Å². The van der Waals surface area contributed by atoms with Crippen LogP contribution in [-0.2, 0) is 16.5 Å². The van der Waals surface area contributed by atoms with Gasteiger partial charge in [0.15, 0.2) is 11.6 Å². The Kier molecular flexibility index (Phi) is 4.58. The van der Waals surface area contributed by atoms with E-state index in [1.165, 1.54) is 24.3 Å². The van der Waals surface area contributed by atoms with Crippen LogP contribution in [0.4, 0.5) is 8.78 Å². The first-order valence-electron chi connectivity index (χ1n) is 6.74. The molecule has 0 spiro atoms. The maximum atomic E-state index is 14.2. The van der Waals surface area contributed by atoms with Crippen LogP contribution in [0.3, 0.4) is 0 Å². The van der Waals surface area contributed by atoms with E-state index in [9.17, 15) is 21.8 Å². The standard InChI is InChI=1S/C15H16F2O3S/c1-2-3-4-9-12-14(17)13(16)10-7-5-6-8-11(10)15(12)21(18,19)20/h5-8H,2-4,9H2,1H3,(H,18,19,20). The molecule has 0 heterocycles. The van der Waals surface area contributed by atoms with Crippen LogP contribution in [-0.4, -0.2) is 13.0 Å². The molecule has 0 radical (unpaired) electrons. The van der Waals surface area contributed by atoms with Crippen molar-refractivity contribution in [3.05, 3.63) is 41.5 Å². The minimum Gasteiger partial charge on any atom is -0.282 e. The molecule has 2 aromatic carbocycles. The quantitative estimate of drug-likeness (QED) is 0.668. The van der Waals surface area contributed by atoms with E-state index in [0.29, 0.717) is 6.42 Å². The fourth-order valence-corrected chi connectivity index (χ4v) is 3.41. The van der Waals surface area contributed by atoms with Crippen molar-refractivity contribution in [1.82, 2.24) is 0 Å². The molecule has 0 aliphatic carbocycles. The summed E-state index contributed by atoms with van der Waals surface area (Å²) in [5.41, 5.74) is -0.276. The first kappa shape index (κ1) is 15.9. The van der Waals surface area contributed by atoms with Crippen LogP contribution in [0, 0.1) is 11.6 Å². The molecule has 0 unspecified atom stereocenters. The average Bonchev–Trinajstić information content (AvgIpc) is 2.43. The molecule has 0 aliphatic heterocycles. The number of benzene rings is 2. The van der Waals surface area contributed by atoms with Gasteiger partial charge in [-0.2, -0.15) is 8.42 Å². The minimum absolute atomic E-state index is 0.00500. The highest BCUT2D eigenvalue weighted by Crippen LogP contribution is 2.32. The molecular weight excluding hydrogens is 298 g/mol. The van der Waals surface area contributed by atoms with Gasteiger partial charge in [-0.05, 0) is 12.8 Å². The van der Waals surface area contributed by atoms with Crippen LogP contribution in [0.25, 0.3) is 10.8 Å². The summed E-state index contributed by atoms with van der Waals surface area (Å²) in [4.78, 5) is -0.520. The fraction of sp³-hybridized carbons (Fsp3) is 0.333. The summed E-state index contributed by atoms with van der Waals surface area (Å²) in [6.45, 7) is 1.95. The van der Waals surface area contributed by atoms with Crippen molar-refractivity contribution in [3.63, 3.8) is 0 Å². The predicted molar refractivity (Wildman–Crippen MR) is 76.9 cm³/mol. The first-order valence-corrected chi connectivity index (χ1v) is 8.18. The summed E-state index contributed by atoms with van der Waals surface area (Å²) in [6, 6.07) is 5.65. The number of hydrogen-bond donors (Lipinski definition) is 1. The highest BCUT2D eigenvalue weighted by atomic mass is 32.2. The highest BCUT2D eigenvalue weighted by molar-refractivity contribution is 7.86. The van der Waals surface area contributed by atoms with Gasteiger partial charge in [0, 0.05) is 16.3 Å². The van der Waals surface area contributed by atoms with E-state index in [2.05, 4.69) is 0 Å². The molecule has 0 aliphatic rings. The normalized spacial score (nSPS) is 12.0. The molecule has 21 heavy (non-hydrogen) atoms. The van der Waals surface area contributed by atoms with Crippen LogP contribution in [0.5, 0.6) is 0 Å². The van der Waals surface area contributed by atoms with E-state index >= 15 is 0 Å². The van der Waals surface area contributed by atoms with Crippen molar-refractivity contribution < 1.29 is 21.8 Å². The minimum atomic E-state index is -4.64. The molecule has 0 aromatic heterocycles. The van der Waals surface area contributed by atoms with Gasteiger partial charge in [0.1, 0.15) is 4.90 Å². The second kappa shape index (κ2) is 6.07. The molecule has 6 heteroatoms. The van der Waals surface area contributed by atoms with Crippen molar-refractivity contribution in [1.29, 1.82) is 0 Å². The van der Waals surface area contributed by atoms with Gasteiger partial charge < -0.3 is 0 Å². The molecule has 1 N–H and O–H groups in total. The molecule has 0 saturated heterocycles. The zero-order valence-corrected chi connectivity index (χ0v) is 12.4. The van der Waals surface area contributed by atoms with Gasteiger partial charge in [-0.3, -0.25) is 4.55 Å². The zero-order chi connectivity index (χ0) is 15.6.